The molecule has 19 nitrogen and oxygen atoms in total. The van der Waals surface area contributed by atoms with Crippen LogP contribution in [0.25, 0.3) is 0 Å². The molecule has 101 heavy (non-hydrogen) atoms. The molecule has 12 N–H and O–H groups in total. The highest BCUT2D eigenvalue weighted by Gasteiger charge is 2.54. The van der Waals surface area contributed by atoms with E-state index in [4.69, 9.17) is 28.4 Å². The van der Waals surface area contributed by atoms with Gasteiger partial charge in [0.2, 0.25) is 5.91 Å². The minimum atomic E-state index is -1.98. The number of carbonyl (C=O) groups excluding carboxylic acids is 1. The molecule has 0 aliphatic carbocycles. The molecule has 0 radical (unpaired) electrons. The second-order valence-corrected chi connectivity index (χ2v) is 29.6. The maximum atomic E-state index is 13.5. The van der Waals surface area contributed by atoms with Crippen LogP contribution < -0.4 is 5.32 Å². The fraction of sp³-hybridized carbons (Fsp3) is 0.890. The molecule has 0 saturated carbocycles. The van der Waals surface area contributed by atoms with Crippen LogP contribution >= 0.6 is 0 Å². The Kier molecular flexibility index (Phi) is 57.8. The van der Waals surface area contributed by atoms with E-state index in [-0.39, 0.29) is 18.9 Å². The molecule has 0 spiro atoms. The van der Waals surface area contributed by atoms with Crippen LogP contribution in [-0.4, -0.2) is 193 Å². The Morgan fingerprint density at radius 2 is 0.653 bits per heavy atom. The first-order valence-corrected chi connectivity index (χ1v) is 41.4. The Morgan fingerprint density at radius 1 is 0.356 bits per heavy atom. The summed E-state index contributed by atoms with van der Waals surface area (Å²) in [6, 6.07) is -0.981. The zero-order valence-electron chi connectivity index (χ0n) is 63.4. The maximum Gasteiger partial charge on any atom is 0.220 e. The zero-order valence-corrected chi connectivity index (χ0v) is 63.4. The van der Waals surface area contributed by atoms with Crippen LogP contribution in [0.4, 0.5) is 0 Å². The van der Waals surface area contributed by atoms with Gasteiger partial charge in [0.1, 0.15) is 73.2 Å². The number of aliphatic hydroxyl groups excluding tert-OH is 11. The topological polar surface area (TPSA) is 307 Å². The van der Waals surface area contributed by atoms with Gasteiger partial charge in [-0.3, -0.25) is 4.79 Å². The number of nitrogens with one attached hydrogen (secondary N) is 1. The number of unbranched alkanes of at least 4 members (excludes halogenated alkanes) is 44. The van der Waals surface area contributed by atoms with Gasteiger partial charge in [-0.2, -0.15) is 0 Å². The molecular formula is C82H151NO18. The second kappa shape index (κ2) is 62.8. The van der Waals surface area contributed by atoms with Crippen molar-refractivity contribution in [2.45, 2.75) is 439 Å². The molecule has 17 atom stereocenters. The SMILES string of the molecule is CCCCCCC/C=C\C/C=C\C/C=C\CCCCCCCCCCC(=O)NC(COC1OC(CO)C(OC2OC(CO)C(OC3OC(CO)C(O)C(O)C3O)C(O)C2O)C(O)C1O)C(O)/C=C/CCCCCCCCCCCCCCCCCCCCCCCCCCCCCCCCC. The Balaban J connectivity index is 1.36. The van der Waals surface area contributed by atoms with Crippen molar-refractivity contribution in [2.75, 3.05) is 26.4 Å². The average molecular weight is 1440 g/mol. The highest BCUT2D eigenvalue weighted by atomic mass is 16.8. The van der Waals surface area contributed by atoms with Gasteiger partial charge in [0.15, 0.2) is 18.9 Å². The van der Waals surface area contributed by atoms with E-state index >= 15 is 0 Å². The lowest BCUT2D eigenvalue weighted by Crippen LogP contribution is -2.66. The number of ether oxygens (including phenoxy) is 6. The molecule has 3 fully saturated rings. The fourth-order valence-electron chi connectivity index (χ4n) is 14.0. The summed E-state index contributed by atoms with van der Waals surface area (Å²) in [5, 5.41) is 121. The van der Waals surface area contributed by atoms with E-state index < -0.39 is 124 Å². The molecule has 3 heterocycles. The average Bonchev–Trinajstić information content (AvgIpc) is 0.782. The number of hydrogen-bond acceptors (Lipinski definition) is 18. The minimum absolute atomic E-state index is 0.235. The summed E-state index contributed by atoms with van der Waals surface area (Å²) in [7, 11) is 0. The quantitative estimate of drug-likeness (QED) is 0.0199. The highest BCUT2D eigenvalue weighted by Crippen LogP contribution is 2.33. The van der Waals surface area contributed by atoms with E-state index in [1.807, 2.05) is 6.08 Å². The van der Waals surface area contributed by atoms with E-state index in [0.717, 1.165) is 70.6 Å². The van der Waals surface area contributed by atoms with Gasteiger partial charge in [0, 0.05) is 6.42 Å². The van der Waals surface area contributed by atoms with Crippen molar-refractivity contribution < 1.29 is 89.4 Å². The molecule has 19 heteroatoms. The van der Waals surface area contributed by atoms with Crippen molar-refractivity contribution >= 4 is 5.91 Å². The third-order valence-electron chi connectivity index (χ3n) is 20.6. The number of amides is 1. The molecule has 592 valence electrons. The largest absolute Gasteiger partial charge is 0.394 e. The van der Waals surface area contributed by atoms with Gasteiger partial charge in [-0.1, -0.05) is 319 Å². The van der Waals surface area contributed by atoms with Crippen LogP contribution in [0.1, 0.15) is 335 Å². The van der Waals surface area contributed by atoms with Gasteiger partial charge in [-0.15, -0.1) is 0 Å². The van der Waals surface area contributed by atoms with E-state index in [9.17, 15) is 61.0 Å². The number of aliphatic hydroxyl groups is 11. The summed E-state index contributed by atoms with van der Waals surface area (Å²) in [4.78, 5) is 13.5. The summed E-state index contributed by atoms with van der Waals surface area (Å²) in [5.41, 5.74) is 0. The lowest BCUT2D eigenvalue weighted by atomic mass is 9.96. The van der Waals surface area contributed by atoms with Gasteiger partial charge in [-0.25, -0.2) is 0 Å². The first kappa shape index (κ1) is 93.0. The molecule has 3 aliphatic rings. The molecule has 1 amide bonds. The predicted molar refractivity (Wildman–Crippen MR) is 402 cm³/mol. The Morgan fingerprint density at radius 3 is 1.02 bits per heavy atom. The number of allylic oxidation sites excluding steroid dienone is 7. The molecule has 0 bridgehead atoms. The van der Waals surface area contributed by atoms with E-state index in [1.165, 1.54) is 238 Å². The Labute approximate surface area is 612 Å². The molecule has 0 aromatic heterocycles. The summed E-state index contributed by atoms with van der Waals surface area (Å²) < 4.78 is 34.5. The standard InChI is InChI=1S/C82H151NO18/c1-3-5-7-9-11-13-15-17-19-21-23-25-27-28-29-30-31-32-33-34-35-36-38-39-41-43-45-47-49-51-53-55-57-59-66(87)65(83-70(88)60-58-56-54-52-50-48-46-44-42-40-37-26-24-22-20-18-16-14-12-10-8-6-4-2)64-96-80-76(94)73(91)78(68(62-85)98-80)101-82-77(95)74(92)79(69(63-86)99-82)100-81-75(93)72(90)71(89)67(61-84)97-81/h16,18,22,24,37,40,57,59,65-69,71-82,84-87,89-95H,3-15,17,19-21,23,25-36,38-39,41-56,58,60-64H2,1-2H3,(H,83,88)/b18-16-,24-22-,40-37-,59-57+. The zero-order chi connectivity index (χ0) is 73.2. The van der Waals surface area contributed by atoms with Crippen LogP contribution in [0.5, 0.6) is 0 Å². The highest BCUT2D eigenvalue weighted by molar-refractivity contribution is 5.76. The Bertz CT molecular complexity index is 2010. The van der Waals surface area contributed by atoms with Gasteiger partial charge >= 0.3 is 0 Å². The van der Waals surface area contributed by atoms with Gasteiger partial charge < -0.3 is 89.9 Å². The number of rotatable bonds is 66. The van der Waals surface area contributed by atoms with Gasteiger partial charge in [0.05, 0.1) is 38.6 Å². The van der Waals surface area contributed by atoms with Gasteiger partial charge in [-0.05, 0) is 57.8 Å². The lowest BCUT2D eigenvalue weighted by Gasteiger charge is -2.48. The molecule has 3 aliphatic heterocycles. The molecular weight excluding hydrogens is 1290 g/mol. The van der Waals surface area contributed by atoms with Crippen LogP contribution in [0.2, 0.25) is 0 Å². The number of carbonyl (C=O) groups is 1. The molecule has 3 saturated heterocycles. The van der Waals surface area contributed by atoms with Crippen molar-refractivity contribution in [3.05, 3.63) is 48.6 Å². The smallest absolute Gasteiger partial charge is 0.220 e. The molecule has 3 rings (SSSR count). The third kappa shape index (κ3) is 42.8. The first-order valence-electron chi connectivity index (χ1n) is 41.4. The van der Waals surface area contributed by atoms with Crippen molar-refractivity contribution in [3.63, 3.8) is 0 Å². The van der Waals surface area contributed by atoms with E-state index in [2.05, 4.69) is 55.6 Å². The predicted octanol–water partition coefficient (Wildman–Crippen LogP) is 14.1. The van der Waals surface area contributed by atoms with Crippen molar-refractivity contribution in [1.82, 2.24) is 5.32 Å². The third-order valence-corrected chi connectivity index (χ3v) is 20.6. The fourth-order valence-corrected chi connectivity index (χ4v) is 14.0. The molecule has 17 unspecified atom stereocenters. The second-order valence-electron chi connectivity index (χ2n) is 29.6. The maximum absolute atomic E-state index is 13.5. The summed E-state index contributed by atoms with van der Waals surface area (Å²) >= 11 is 0. The van der Waals surface area contributed by atoms with Crippen LogP contribution in [0.3, 0.4) is 0 Å². The van der Waals surface area contributed by atoms with Crippen LogP contribution in [-0.2, 0) is 33.2 Å². The van der Waals surface area contributed by atoms with Crippen molar-refractivity contribution in [3.8, 4) is 0 Å². The summed E-state index contributed by atoms with van der Waals surface area (Å²) in [5.74, 6) is -0.279. The van der Waals surface area contributed by atoms with Gasteiger partial charge in [0.25, 0.3) is 0 Å². The minimum Gasteiger partial charge on any atom is -0.394 e. The summed E-state index contributed by atoms with van der Waals surface area (Å²) in [6.45, 7) is 1.76. The first-order chi connectivity index (χ1) is 49.3. The summed E-state index contributed by atoms with van der Waals surface area (Å²) in [6.07, 6.45) is 52.5. The van der Waals surface area contributed by atoms with Crippen molar-refractivity contribution in [2.24, 2.45) is 0 Å². The van der Waals surface area contributed by atoms with E-state index in [0.29, 0.717) is 6.42 Å². The Hall–Kier alpha value is -2.25. The normalized spacial score (nSPS) is 26.5. The van der Waals surface area contributed by atoms with Crippen LogP contribution in [0, 0.1) is 0 Å². The van der Waals surface area contributed by atoms with E-state index in [1.54, 1.807) is 6.08 Å². The molecule has 0 aromatic rings. The van der Waals surface area contributed by atoms with Crippen molar-refractivity contribution in [1.29, 1.82) is 0 Å². The monoisotopic (exact) mass is 1440 g/mol. The molecule has 0 aromatic carbocycles. The lowest BCUT2D eigenvalue weighted by molar-refractivity contribution is -0.379. The number of hydrogen-bond donors (Lipinski definition) is 12. The van der Waals surface area contributed by atoms with Crippen LogP contribution in [0.15, 0.2) is 48.6 Å².